The molecular weight excluding hydrogens is 338 g/mol. The zero-order valence-corrected chi connectivity index (χ0v) is 14.2. The van der Waals surface area contributed by atoms with Crippen LogP contribution in [0.3, 0.4) is 0 Å². The lowest BCUT2D eigenvalue weighted by atomic mass is 10.1. The first kappa shape index (κ1) is 16.1. The normalized spacial score (nSPS) is 17.9. The number of aryl methyl sites for hydroxylation is 1. The number of hydrogen-bond acceptors (Lipinski definition) is 4. The van der Waals surface area contributed by atoms with Crippen LogP contribution in [-0.4, -0.2) is 41.9 Å². The highest BCUT2D eigenvalue weighted by atomic mass is 79.9. The lowest BCUT2D eigenvalue weighted by Gasteiger charge is -2.24. The molecule has 1 aliphatic rings. The number of ether oxygens (including phenoxy) is 1. The van der Waals surface area contributed by atoms with Gasteiger partial charge in [0.05, 0.1) is 4.47 Å². The first-order valence-electron chi connectivity index (χ1n) is 7.03. The second-order valence-corrected chi connectivity index (χ2v) is 7.27. The fourth-order valence-corrected chi connectivity index (χ4v) is 3.89. The van der Waals surface area contributed by atoms with Crippen LogP contribution in [0.15, 0.2) is 22.7 Å². The molecule has 2 rings (SSSR count). The molecule has 112 valence electrons. The summed E-state index contributed by atoms with van der Waals surface area (Å²) in [4.78, 5) is 0. The molecule has 0 aliphatic carbocycles. The van der Waals surface area contributed by atoms with Crippen LogP contribution < -0.4 is 10.1 Å². The number of benzene rings is 1. The zero-order chi connectivity index (χ0) is 14.4. The minimum Gasteiger partial charge on any atom is -0.490 e. The Bertz CT molecular complexity index is 424. The topological polar surface area (TPSA) is 41.5 Å². The van der Waals surface area contributed by atoms with E-state index in [0.717, 1.165) is 10.2 Å². The van der Waals surface area contributed by atoms with Gasteiger partial charge >= 0.3 is 0 Å². The maximum absolute atomic E-state index is 9.98. The molecule has 1 aromatic carbocycles. The van der Waals surface area contributed by atoms with E-state index in [2.05, 4.69) is 21.2 Å². The van der Waals surface area contributed by atoms with Gasteiger partial charge in [-0.3, -0.25) is 0 Å². The third-order valence-electron chi connectivity index (χ3n) is 3.38. The number of thioether (sulfide) groups is 1. The van der Waals surface area contributed by atoms with Gasteiger partial charge in [-0.05, 0) is 64.9 Å². The molecule has 1 fully saturated rings. The van der Waals surface area contributed by atoms with Crippen molar-refractivity contribution in [3.8, 4) is 5.75 Å². The van der Waals surface area contributed by atoms with E-state index in [1.807, 2.05) is 36.9 Å². The molecule has 0 aromatic heterocycles. The molecule has 20 heavy (non-hydrogen) atoms. The summed E-state index contributed by atoms with van der Waals surface area (Å²) in [6.07, 6.45) is 1.92. The van der Waals surface area contributed by atoms with Crippen molar-refractivity contribution in [3.05, 3.63) is 28.2 Å². The molecule has 0 bridgehead atoms. The van der Waals surface area contributed by atoms with Gasteiger partial charge in [0.15, 0.2) is 0 Å². The molecule has 1 atom stereocenters. The van der Waals surface area contributed by atoms with Gasteiger partial charge in [0.2, 0.25) is 0 Å². The van der Waals surface area contributed by atoms with Crippen LogP contribution >= 0.6 is 27.7 Å². The summed E-state index contributed by atoms with van der Waals surface area (Å²) in [7, 11) is 0. The lowest BCUT2D eigenvalue weighted by molar-refractivity contribution is 0.103. The van der Waals surface area contributed by atoms with Crippen molar-refractivity contribution in [2.45, 2.75) is 31.9 Å². The van der Waals surface area contributed by atoms with E-state index < -0.39 is 6.10 Å². The van der Waals surface area contributed by atoms with Gasteiger partial charge in [0.1, 0.15) is 18.5 Å². The van der Waals surface area contributed by atoms with E-state index in [-0.39, 0.29) is 0 Å². The van der Waals surface area contributed by atoms with Crippen LogP contribution in [0.2, 0.25) is 0 Å². The van der Waals surface area contributed by atoms with Crippen LogP contribution in [0.4, 0.5) is 0 Å². The first-order valence-corrected chi connectivity index (χ1v) is 8.98. The van der Waals surface area contributed by atoms with Crippen LogP contribution in [0, 0.1) is 6.92 Å². The maximum atomic E-state index is 9.98. The van der Waals surface area contributed by atoms with Crippen LogP contribution in [0.25, 0.3) is 0 Å². The maximum Gasteiger partial charge on any atom is 0.133 e. The Hall–Kier alpha value is -0.230. The van der Waals surface area contributed by atoms with Gasteiger partial charge < -0.3 is 15.2 Å². The molecule has 0 spiro atoms. The van der Waals surface area contributed by atoms with E-state index in [1.165, 1.54) is 29.9 Å². The Balaban J connectivity index is 1.70. The highest BCUT2D eigenvalue weighted by molar-refractivity contribution is 9.10. The fraction of sp³-hybridized carbons (Fsp3) is 0.600. The monoisotopic (exact) mass is 359 g/mol. The molecule has 0 amide bonds. The summed E-state index contributed by atoms with van der Waals surface area (Å²) in [5, 5.41) is 13.4. The Morgan fingerprint density at radius 3 is 2.90 bits per heavy atom. The number of halogens is 1. The Morgan fingerprint density at radius 1 is 1.45 bits per heavy atom. The molecule has 1 aromatic rings. The van der Waals surface area contributed by atoms with Gasteiger partial charge in [-0.1, -0.05) is 6.07 Å². The van der Waals surface area contributed by atoms with Gasteiger partial charge in [-0.25, -0.2) is 0 Å². The third-order valence-corrected chi connectivity index (χ3v) is 5.05. The predicted octanol–water partition coefficient (Wildman–Crippen LogP) is 2.98. The average Bonchev–Trinajstić information content (AvgIpc) is 2.45. The van der Waals surface area contributed by atoms with Gasteiger partial charge in [0.25, 0.3) is 0 Å². The van der Waals surface area contributed by atoms with E-state index in [4.69, 9.17) is 4.74 Å². The second-order valence-electron chi connectivity index (χ2n) is 5.19. The molecule has 0 saturated carbocycles. The molecular formula is C15H22BrNO2S. The highest BCUT2D eigenvalue weighted by Crippen LogP contribution is 2.25. The summed E-state index contributed by atoms with van der Waals surface area (Å²) in [5.74, 6) is 3.23. The first-order chi connectivity index (χ1) is 9.65. The summed E-state index contributed by atoms with van der Waals surface area (Å²) in [5.41, 5.74) is 1.18. The van der Waals surface area contributed by atoms with Crippen molar-refractivity contribution >= 4 is 27.7 Å². The van der Waals surface area contributed by atoms with Crippen molar-refractivity contribution < 1.29 is 9.84 Å². The standard InChI is InChI=1S/C15H22BrNO2S/c1-11-2-3-15(14(16)8-11)19-10-13(18)9-17-12-4-6-20-7-5-12/h2-3,8,12-13,17-18H,4-7,9-10H2,1H3. The van der Waals surface area contributed by atoms with Gasteiger partial charge in [-0.2, -0.15) is 11.8 Å². The fourth-order valence-electron chi connectivity index (χ4n) is 2.17. The van der Waals surface area contributed by atoms with Crippen LogP contribution in [-0.2, 0) is 0 Å². The summed E-state index contributed by atoms with van der Waals surface area (Å²) in [6, 6.07) is 6.50. The number of rotatable bonds is 6. The summed E-state index contributed by atoms with van der Waals surface area (Å²) >= 11 is 5.48. The molecule has 1 saturated heterocycles. The summed E-state index contributed by atoms with van der Waals surface area (Å²) < 4.78 is 6.58. The quantitative estimate of drug-likeness (QED) is 0.819. The predicted molar refractivity (Wildman–Crippen MR) is 88.7 cm³/mol. The minimum absolute atomic E-state index is 0.316. The Kier molecular flexibility index (Phi) is 6.68. The van der Waals surface area contributed by atoms with Crippen molar-refractivity contribution in [1.29, 1.82) is 0 Å². The molecule has 1 unspecified atom stereocenters. The molecule has 0 radical (unpaired) electrons. The van der Waals surface area contributed by atoms with E-state index >= 15 is 0 Å². The largest absolute Gasteiger partial charge is 0.490 e. The molecule has 2 N–H and O–H groups in total. The summed E-state index contributed by atoms with van der Waals surface area (Å²) in [6.45, 7) is 2.95. The molecule has 1 aliphatic heterocycles. The van der Waals surface area contributed by atoms with E-state index in [0.29, 0.717) is 19.2 Å². The van der Waals surface area contributed by atoms with Crippen molar-refractivity contribution in [3.63, 3.8) is 0 Å². The Labute approximate surface area is 133 Å². The number of hydrogen-bond donors (Lipinski definition) is 2. The zero-order valence-electron chi connectivity index (χ0n) is 11.8. The van der Waals surface area contributed by atoms with Gasteiger partial charge in [0, 0.05) is 12.6 Å². The van der Waals surface area contributed by atoms with Gasteiger partial charge in [-0.15, -0.1) is 0 Å². The van der Waals surface area contributed by atoms with Crippen LogP contribution in [0.1, 0.15) is 18.4 Å². The molecule has 5 heteroatoms. The highest BCUT2D eigenvalue weighted by Gasteiger charge is 2.15. The smallest absolute Gasteiger partial charge is 0.133 e. The second kappa shape index (κ2) is 8.27. The lowest BCUT2D eigenvalue weighted by Crippen LogP contribution is -2.39. The number of aliphatic hydroxyl groups is 1. The average molecular weight is 360 g/mol. The molecule has 1 heterocycles. The number of nitrogens with one attached hydrogen (secondary N) is 1. The van der Waals surface area contributed by atoms with E-state index in [9.17, 15) is 5.11 Å². The van der Waals surface area contributed by atoms with E-state index in [1.54, 1.807) is 0 Å². The number of aliphatic hydroxyl groups excluding tert-OH is 1. The van der Waals surface area contributed by atoms with Crippen molar-refractivity contribution in [1.82, 2.24) is 5.32 Å². The third kappa shape index (κ3) is 5.28. The van der Waals surface area contributed by atoms with Crippen molar-refractivity contribution in [2.24, 2.45) is 0 Å². The van der Waals surface area contributed by atoms with Crippen LogP contribution in [0.5, 0.6) is 5.75 Å². The van der Waals surface area contributed by atoms with Crippen molar-refractivity contribution in [2.75, 3.05) is 24.7 Å². The minimum atomic E-state index is -0.474. The SMILES string of the molecule is Cc1ccc(OCC(O)CNC2CCSCC2)c(Br)c1. The Morgan fingerprint density at radius 2 is 2.20 bits per heavy atom. The molecule has 3 nitrogen and oxygen atoms in total.